The number of nitrogens with one attached hydrogen (secondary N) is 2. The van der Waals surface area contributed by atoms with Crippen LogP contribution >= 0.6 is 0 Å². The van der Waals surface area contributed by atoms with E-state index in [1.807, 2.05) is 57.2 Å². The monoisotopic (exact) mass is 414 g/mol. The Morgan fingerprint density at radius 1 is 0.935 bits per heavy atom. The minimum absolute atomic E-state index is 0.000479. The lowest BCUT2D eigenvalue weighted by Gasteiger charge is -2.09. The molecule has 0 radical (unpaired) electrons. The van der Waals surface area contributed by atoms with Crippen LogP contribution in [-0.4, -0.2) is 39.0 Å². The van der Waals surface area contributed by atoms with Gasteiger partial charge in [0.1, 0.15) is 5.82 Å². The number of amides is 1. The van der Waals surface area contributed by atoms with E-state index >= 15 is 0 Å². The van der Waals surface area contributed by atoms with Crippen molar-refractivity contribution in [2.45, 2.75) is 27.2 Å². The van der Waals surface area contributed by atoms with E-state index in [4.69, 9.17) is 0 Å². The number of anilines is 1. The van der Waals surface area contributed by atoms with Gasteiger partial charge in [0.2, 0.25) is 5.91 Å². The summed E-state index contributed by atoms with van der Waals surface area (Å²) in [6, 6.07) is 17.9. The Balaban J connectivity index is 1.27. The Morgan fingerprint density at radius 2 is 1.74 bits per heavy atom. The molecule has 0 bridgehead atoms. The lowest BCUT2D eigenvalue weighted by Crippen LogP contribution is -2.30. The Morgan fingerprint density at radius 3 is 2.48 bits per heavy atom. The summed E-state index contributed by atoms with van der Waals surface area (Å²) in [5.41, 5.74) is 4.23. The first-order chi connectivity index (χ1) is 15.0. The molecule has 0 aliphatic heterocycles. The van der Waals surface area contributed by atoms with Crippen molar-refractivity contribution in [3.63, 3.8) is 0 Å². The predicted octanol–water partition coefficient (Wildman–Crippen LogP) is 3.51. The number of nitrogens with zero attached hydrogens (tertiary/aromatic N) is 4. The fraction of sp³-hybridized carbons (Fsp3) is 0.250. The minimum Gasteiger partial charge on any atom is -0.367 e. The quantitative estimate of drug-likeness (QED) is 0.452. The summed E-state index contributed by atoms with van der Waals surface area (Å²) in [6.07, 6.45) is 0.359. The van der Waals surface area contributed by atoms with Crippen LogP contribution in [0, 0.1) is 20.8 Å². The van der Waals surface area contributed by atoms with Gasteiger partial charge in [-0.15, -0.1) is 10.2 Å². The number of aromatic nitrogens is 4. The maximum Gasteiger partial charge on any atom is 0.224 e. The van der Waals surface area contributed by atoms with Gasteiger partial charge < -0.3 is 10.6 Å². The lowest BCUT2D eigenvalue weighted by atomic mass is 10.0. The highest BCUT2D eigenvalue weighted by atomic mass is 16.1. The summed E-state index contributed by atoms with van der Waals surface area (Å²) in [7, 11) is 0. The molecule has 0 saturated heterocycles. The Bertz CT molecular complexity index is 1210. The zero-order valence-corrected chi connectivity index (χ0v) is 18.0. The van der Waals surface area contributed by atoms with E-state index in [9.17, 15) is 4.79 Å². The summed E-state index contributed by atoms with van der Waals surface area (Å²) in [5.74, 6) is 1.34. The van der Waals surface area contributed by atoms with Gasteiger partial charge in [0.05, 0.1) is 12.1 Å². The molecule has 0 spiro atoms. The summed E-state index contributed by atoms with van der Waals surface area (Å²) in [6.45, 7) is 7.12. The molecule has 0 aliphatic rings. The standard InChI is InChI=1S/C24H26N6O/c1-16-17(2)29-30(18(16)3)23-12-11-22(27-28-23)25-13-14-26-24(31)15-20-9-6-8-19-7-4-5-10-21(19)20/h4-12H,13-15H2,1-3H3,(H,25,27)(H,26,31). The van der Waals surface area contributed by atoms with E-state index in [0.717, 1.165) is 33.3 Å². The maximum atomic E-state index is 12.4. The van der Waals surface area contributed by atoms with Crippen molar-refractivity contribution >= 4 is 22.5 Å². The minimum atomic E-state index is -0.000479. The summed E-state index contributed by atoms with van der Waals surface area (Å²) < 4.78 is 1.80. The second kappa shape index (κ2) is 8.95. The van der Waals surface area contributed by atoms with E-state index in [1.165, 1.54) is 0 Å². The smallest absolute Gasteiger partial charge is 0.224 e. The highest BCUT2D eigenvalue weighted by Crippen LogP contribution is 2.19. The largest absolute Gasteiger partial charge is 0.367 e. The Labute approximate surface area is 181 Å². The molecular weight excluding hydrogens is 388 g/mol. The van der Waals surface area contributed by atoms with Gasteiger partial charge in [-0.1, -0.05) is 42.5 Å². The third kappa shape index (κ3) is 4.55. The van der Waals surface area contributed by atoms with Crippen LogP contribution in [0.5, 0.6) is 0 Å². The highest BCUT2D eigenvalue weighted by Gasteiger charge is 2.10. The predicted molar refractivity (Wildman–Crippen MR) is 123 cm³/mol. The fourth-order valence-corrected chi connectivity index (χ4v) is 3.55. The van der Waals surface area contributed by atoms with Crippen LogP contribution in [-0.2, 0) is 11.2 Å². The van der Waals surface area contributed by atoms with Crippen molar-refractivity contribution < 1.29 is 4.79 Å². The van der Waals surface area contributed by atoms with Crippen LogP contribution in [0.3, 0.4) is 0 Å². The van der Waals surface area contributed by atoms with Crippen LogP contribution < -0.4 is 10.6 Å². The Kier molecular flexibility index (Phi) is 5.93. The van der Waals surface area contributed by atoms with Crippen LogP contribution in [0.25, 0.3) is 16.6 Å². The topological polar surface area (TPSA) is 84.7 Å². The zero-order valence-electron chi connectivity index (χ0n) is 18.0. The number of aryl methyl sites for hydroxylation is 1. The van der Waals surface area contributed by atoms with E-state index in [0.29, 0.717) is 31.1 Å². The molecule has 0 atom stereocenters. The number of fused-ring (bicyclic) bond motifs is 1. The van der Waals surface area contributed by atoms with Gasteiger partial charge in [-0.25, -0.2) is 4.68 Å². The van der Waals surface area contributed by atoms with Gasteiger partial charge in [0, 0.05) is 18.8 Å². The first-order valence-electron chi connectivity index (χ1n) is 10.4. The molecule has 4 aromatic rings. The molecule has 1 amide bonds. The molecule has 2 aromatic carbocycles. The van der Waals surface area contributed by atoms with Crippen molar-refractivity contribution in [1.82, 2.24) is 25.3 Å². The van der Waals surface area contributed by atoms with Gasteiger partial charge in [0.25, 0.3) is 0 Å². The Hall–Kier alpha value is -3.74. The lowest BCUT2D eigenvalue weighted by molar-refractivity contribution is -0.120. The van der Waals surface area contributed by atoms with Crippen LogP contribution in [0.1, 0.15) is 22.5 Å². The van der Waals surface area contributed by atoms with Crippen molar-refractivity contribution in [1.29, 1.82) is 0 Å². The SMILES string of the molecule is Cc1nn(-c2ccc(NCCNC(=O)Cc3cccc4ccccc34)nn2)c(C)c1C. The number of carbonyl (C=O) groups is 1. The molecule has 0 unspecified atom stereocenters. The zero-order chi connectivity index (χ0) is 21.8. The van der Waals surface area contributed by atoms with Gasteiger partial charge in [0.15, 0.2) is 5.82 Å². The molecular formula is C24H26N6O. The number of benzene rings is 2. The number of rotatable bonds is 7. The molecule has 2 N–H and O–H groups in total. The maximum absolute atomic E-state index is 12.4. The van der Waals surface area contributed by atoms with E-state index in [1.54, 1.807) is 4.68 Å². The third-order valence-electron chi connectivity index (χ3n) is 5.50. The molecule has 2 heterocycles. The van der Waals surface area contributed by atoms with E-state index in [-0.39, 0.29) is 5.91 Å². The average molecular weight is 415 g/mol. The number of hydrogen-bond acceptors (Lipinski definition) is 5. The van der Waals surface area contributed by atoms with E-state index < -0.39 is 0 Å². The van der Waals surface area contributed by atoms with Crippen molar-refractivity contribution in [2.24, 2.45) is 0 Å². The van der Waals surface area contributed by atoms with Gasteiger partial charge >= 0.3 is 0 Å². The summed E-state index contributed by atoms with van der Waals surface area (Å²) >= 11 is 0. The van der Waals surface area contributed by atoms with Crippen LogP contribution in [0.15, 0.2) is 54.6 Å². The summed E-state index contributed by atoms with van der Waals surface area (Å²) in [4.78, 5) is 12.4. The number of carbonyl (C=O) groups excluding carboxylic acids is 1. The number of hydrogen-bond donors (Lipinski definition) is 2. The van der Waals surface area contributed by atoms with Crippen molar-refractivity contribution in [3.8, 4) is 5.82 Å². The second-order valence-corrected chi connectivity index (χ2v) is 7.58. The molecule has 0 fully saturated rings. The molecule has 158 valence electrons. The molecule has 31 heavy (non-hydrogen) atoms. The van der Waals surface area contributed by atoms with Gasteiger partial charge in [-0.3, -0.25) is 4.79 Å². The van der Waals surface area contributed by atoms with Gasteiger partial charge in [-0.05, 0) is 54.8 Å². The molecule has 4 rings (SSSR count). The second-order valence-electron chi connectivity index (χ2n) is 7.58. The summed E-state index contributed by atoms with van der Waals surface area (Å²) in [5, 5.41) is 21.4. The highest BCUT2D eigenvalue weighted by molar-refractivity contribution is 5.90. The third-order valence-corrected chi connectivity index (χ3v) is 5.50. The van der Waals surface area contributed by atoms with Crippen LogP contribution in [0.4, 0.5) is 5.82 Å². The first kappa shape index (κ1) is 20.5. The van der Waals surface area contributed by atoms with Crippen molar-refractivity contribution in [3.05, 3.63) is 77.1 Å². The van der Waals surface area contributed by atoms with Crippen molar-refractivity contribution in [2.75, 3.05) is 18.4 Å². The van der Waals surface area contributed by atoms with Crippen LogP contribution in [0.2, 0.25) is 0 Å². The molecule has 7 heteroatoms. The van der Waals surface area contributed by atoms with Gasteiger partial charge in [-0.2, -0.15) is 5.10 Å². The average Bonchev–Trinajstić information content (AvgIpc) is 3.05. The van der Waals surface area contributed by atoms with E-state index in [2.05, 4.69) is 44.1 Å². The molecule has 7 nitrogen and oxygen atoms in total. The fourth-order valence-electron chi connectivity index (χ4n) is 3.55. The molecule has 2 aromatic heterocycles. The molecule has 0 aliphatic carbocycles. The first-order valence-corrected chi connectivity index (χ1v) is 10.4. The normalized spacial score (nSPS) is 10.9. The molecule has 0 saturated carbocycles.